The van der Waals surface area contributed by atoms with E-state index in [1.165, 1.54) is 7.11 Å². The second kappa shape index (κ2) is 6.30. The summed E-state index contributed by atoms with van der Waals surface area (Å²) in [6.45, 7) is 0.655. The van der Waals surface area contributed by atoms with Crippen molar-refractivity contribution in [2.75, 3.05) is 27.3 Å². The minimum absolute atomic E-state index is 0.0171. The van der Waals surface area contributed by atoms with Gasteiger partial charge in [-0.1, -0.05) is 23.2 Å². The van der Waals surface area contributed by atoms with Crippen LogP contribution in [0.3, 0.4) is 0 Å². The van der Waals surface area contributed by atoms with Gasteiger partial charge in [-0.3, -0.25) is 0 Å². The minimum atomic E-state index is -0.0686. The molecule has 1 atom stereocenters. The molecule has 5 heteroatoms. The molecule has 2 N–H and O–H groups in total. The van der Waals surface area contributed by atoms with Gasteiger partial charge in [0.25, 0.3) is 0 Å². The van der Waals surface area contributed by atoms with Gasteiger partial charge in [0.2, 0.25) is 0 Å². The van der Waals surface area contributed by atoms with Crippen LogP contribution in [0.2, 0.25) is 10.0 Å². The molecule has 0 saturated carbocycles. The number of benzene rings is 1. The molecule has 1 aromatic rings. The van der Waals surface area contributed by atoms with E-state index in [2.05, 4.69) is 5.32 Å². The summed E-state index contributed by atoms with van der Waals surface area (Å²) in [5.74, 6) is 0.470. The van der Waals surface area contributed by atoms with Gasteiger partial charge in [0.1, 0.15) is 5.75 Å². The Labute approximate surface area is 105 Å². The number of nitrogens with one attached hydrogen (secondary N) is 1. The van der Waals surface area contributed by atoms with E-state index in [0.29, 0.717) is 22.3 Å². The van der Waals surface area contributed by atoms with Crippen molar-refractivity contribution in [2.45, 2.75) is 5.92 Å². The summed E-state index contributed by atoms with van der Waals surface area (Å²) in [4.78, 5) is 0. The molecule has 1 unspecified atom stereocenters. The molecule has 0 aliphatic rings. The number of likely N-dealkylation sites (N-methyl/N-ethyl adjacent to an activating group) is 1. The maximum atomic E-state index is 9.28. The summed E-state index contributed by atoms with van der Waals surface area (Å²) < 4.78 is 5.06. The molecule has 0 spiro atoms. The van der Waals surface area contributed by atoms with Gasteiger partial charge in [0.05, 0.1) is 18.7 Å². The van der Waals surface area contributed by atoms with Crippen molar-refractivity contribution in [3.63, 3.8) is 0 Å². The zero-order chi connectivity index (χ0) is 12.1. The molecule has 1 rings (SSSR count). The number of ether oxygens (including phenoxy) is 1. The molecule has 16 heavy (non-hydrogen) atoms. The Kier molecular flexibility index (Phi) is 5.35. The predicted molar refractivity (Wildman–Crippen MR) is 66.8 cm³/mol. The second-order valence-corrected chi connectivity index (χ2v) is 4.26. The Morgan fingerprint density at radius 3 is 2.56 bits per heavy atom. The van der Waals surface area contributed by atoms with Crippen molar-refractivity contribution in [3.05, 3.63) is 27.7 Å². The highest BCUT2D eigenvalue weighted by atomic mass is 35.5. The summed E-state index contributed by atoms with van der Waals surface area (Å²) in [5.41, 5.74) is 0.823. The molecule has 0 radical (unpaired) electrons. The fraction of sp³-hybridized carbons (Fsp3) is 0.455. The van der Waals surface area contributed by atoms with E-state index in [9.17, 15) is 5.11 Å². The molecule has 0 aliphatic carbocycles. The Morgan fingerprint density at radius 1 is 1.38 bits per heavy atom. The molecule has 0 saturated heterocycles. The lowest BCUT2D eigenvalue weighted by Gasteiger charge is -2.17. The van der Waals surface area contributed by atoms with Gasteiger partial charge < -0.3 is 15.2 Å². The van der Waals surface area contributed by atoms with E-state index in [4.69, 9.17) is 27.9 Å². The molecule has 0 aliphatic heterocycles. The molecule has 0 fully saturated rings. The molecule has 0 amide bonds. The monoisotopic (exact) mass is 263 g/mol. The molecule has 0 bridgehead atoms. The number of hydrogen-bond acceptors (Lipinski definition) is 3. The Balaban J connectivity index is 3.08. The smallest absolute Gasteiger partial charge is 0.138 e. The predicted octanol–water partition coefficient (Wildman–Crippen LogP) is 2.30. The first-order valence-electron chi connectivity index (χ1n) is 4.92. The van der Waals surface area contributed by atoms with E-state index in [1.807, 2.05) is 7.05 Å². The van der Waals surface area contributed by atoms with Crippen LogP contribution in [0.25, 0.3) is 0 Å². The SMILES string of the molecule is CNCC(CO)c1cc(Cl)c(OC)cc1Cl. The summed E-state index contributed by atoms with van der Waals surface area (Å²) >= 11 is 12.1. The maximum Gasteiger partial charge on any atom is 0.138 e. The first kappa shape index (κ1) is 13.6. The summed E-state index contributed by atoms with van der Waals surface area (Å²) in [6.07, 6.45) is 0. The van der Waals surface area contributed by atoms with Crippen LogP contribution in [0.1, 0.15) is 11.5 Å². The van der Waals surface area contributed by atoms with Crippen molar-refractivity contribution >= 4 is 23.2 Å². The third-order valence-electron chi connectivity index (χ3n) is 2.38. The quantitative estimate of drug-likeness (QED) is 0.857. The zero-order valence-electron chi connectivity index (χ0n) is 9.26. The van der Waals surface area contributed by atoms with Gasteiger partial charge in [-0.05, 0) is 18.7 Å². The van der Waals surface area contributed by atoms with Crippen LogP contribution < -0.4 is 10.1 Å². The fourth-order valence-electron chi connectivity index (χ4n) is 1.53. The molecular weight excluding hydrogens is 249 g/mol. The van der Waals surface area contributed by atoms with E-state index in [1.54, 1.807) is 12.1 Å². The molecule has 3 nitrogen and oxygen atoms in total. The van der Waals surface area contributed by atoms with Crippen molar-refractivity contribution in [2.24, 2.45) is 0 Å². The fourth-order valence-corrected chi connectivity index (χ4v) is 2.09. The highest BCUT2D eigenvalue weighted by molar-refractivity contribution is 6.34. The van der Waals surface area contributed by atoms with Gasteiger partial charge in [-0.25, -0.2) is 0 Å². The van der Waals surface area contributed by atoms with E-state index >= 15 is 0 Å². The number of aliphatic hydroxyl groups is 1. The lowest BCUT2D eigenvalue weighted by atomic mass is 10.00. The average molecular weight is 264 g/mol. The third-order valence-corrected chi connectivity index (χ3v) is 3.00. The minimum Gasteiger partial charge on any atom is -0.495 e. The van der Waals surface area contributed by atoms with Crippen LogP contribution in [-0.4, -0.2) is 32.4 Å². The standard InChI is InChI=1S/C11H15Cl2NO2/c1-14-5-7(6-15)8-3-10(13)11(16-2)4-9(8)12/h3-4,7,14-15H,5-6H2,1-2H3. The Hall–Kier alpha value is -0.480. The molecule has 90 valence electrons. The van der Waals surface area contributed by atoms with Crippen LogP contribution in [0.5, 0.6) is 5.75 Å². The van der Waals surface area contributed by atoms with Crippen LogP contribution >= 0.6 is 23.2 Å². The first-order chi connectivity index (χ1) is 7.63. The van der Waals surface area contributed by atoms with Gasteiger partial charge in [0, 0.05) is 23.6 Å². The van der Waals surface area contributed by atoms with E-state index < -0.39 is 0 Å². The van der Waals surface area contributed by atoms with Crippen LogP contribution in [0.15, 0.2) is 12.1 Å². The topological polar surface area (TPSA) is 41.5 Å². The van der Waals surface area contributed by atoms with E-state index in [-0.39, 0.29) is 12.5 Å². The van der Waals surface area contributed by atoms with Gasteiger partial charge in [-0.15, -0.1) is 0 Å². The van der Waals surface area contributed by atoms with Crippen molar-refractivity contribution in [1.29, 1.82) is 0 Å². The summed E-state index contributed by atoms with van der Waals surface area (Å²) in [6, 6.07) is 3.40. The second-order valence-electron chi connectivity index (χ2n) is 3.45. The maximum absolute atomic E-state index is 9.28. The lowest BCUT2D eigenvalue weighted by Crippen LogP contribution is -2.20. The van der Waals surface area contributed by atoms with E-state index in [0.717, 1.165) is 5.56 Å². The highest BCUT2D eigenvalue weighted by Crippen LogP contribution is 2.34. The number of halogens is 2. The molecule has 0 aromatic heterocycles. The van der Waals surface area contributed by atoms with Crippen LogP contribution in [-0.2, 0) is 0 Å². The van der Waals surface area contributed by atoms with Gasteiger partial charge >= 0.3 is 0 Å². The molecular formula is C11H15Cl2NO2. The highest BCUT2D eigenvalue weighted by Gasteiger charge is 2.16. The number of methoxy groups -OCH3 is 1. The Bertz CT molecular complexity index is 358. The third kappa shape index (κ3) is 3.01. The zero-order valence-corrected chi connectivity index (χ0v) is 10.8. The number of hydrogen-bond donors (Lipinski definition) is 2. The summed E-state index contributed by atoms with van der Waals surface area (Å²) in [7, 11) is 3.36. The lowest BCUT2D eigenvalue weighted by molar-refractivity contribution is 0.263. The molecule has 1 aromatic carbocycles. The van der Waals surface area contributed by atoms with Gasteiger partial charge in [-0.2, -0.15) is 0 Å². The normalized spacial score (nSPS) is 12.6. The average Bonchev–Trinajstić information content (AvgIpc) is 2.28. The van der Waals surface area contributed by atoms with Crippen molar-refractivity contribution in [3.8, 4) is 5.75 Å². The summed E-state index contributed by atoms with van der Waals surface area (Å²) in [5, 5.41) is 13.3. The largest absolute Gasteiger partial charge is 0.495 e. The first-order valence-corrected chi connectivity index (χ1v) is 5.68. The van der Waals surface area contributed by atoms with Crippen LogP contribution in [0, 0.1) is 0 Å². The Morgan fingerprint density at radius 2 is 2.06 bits per heavy atom. The number of rotatable bonds is 5. The molecule has 0 heterocycles. The number of aliphatic hydroxyl groups excluding tert-OH is 1. The van der Waals surface area contributed by atoms with Crippen molar-refractivity contribution < 1.29 is 9.84 Å². The van der Waals surface area contributed by atoms with Gasteiger partial charge in [0.15, 0.2) is 0 Å². The van der Waals surface area contributed by atoms with Crippen LogP contribution in [0.4, 0.5) is 0 Å². The van der Waals surface area contributed by atoms with Crippen molar-refractivity contribution in [1.82, 2.24) is 5.32 Å².